The predicted octanol–water partition coefficient (Wildman–Crippen LogP) is 4.37. The van der Waals surface area contributed by atoms with E-state index in [9.17, 15) is 0 Å². The standard InChI is InChI=1S/C16H25BrN2/c1-3-16(4-2)9-11-19(13-16)12-10-18-15-8-6-5-7-14(15)17/h5-8,18H,3-4,9-13H2,1-2H3. The van der Waals surface area contributed by atoms with Gasteiger partial charge >= 0.3 is 0 Å². The normalized spacial score (nSPS) is 18.7. The van der Waals surface area contributed by atoms with Gasteiger partial charge in [0, 0.05) is 29.8 Å². The fourth-order valence-electron chi connectivity index (χ4n) is 3.00. The molecule has 0 aromatic heterocycles. The largest absolute Gasteiger partial charge is 0.383 e. The minimum absolute atomic E-state index is 0.591. The molecule has 0 atom stereocenters. The van der Waals surface area contributed by atoms with Crippen molar-refractivity contribution >= 4 is 21.6 Å². The lowest BCUT2D eigenvalue weighted by Crippen LogP contribution is -2.30. The maximum Gasteiger partial charge on any atom is 0.0485 e. The van der Waals surface area contributed by atoms with Crippen molar-refractivity contribution in [2.24, 2.45) is 5.41 Å². The van der Waals surface area contributed by atoms with Gasteiger partial charge in [0.1, 0.15) is 0 Å². The van der Waals surface area contributed by atoms with Crippen LogP contribution < -0.4 is 5.32 Å². The van der Waals surface area contributed by atoms with Crippen LogP contribution in [0.3, 0.4) is 0 Å². The molecule has 2 nitrogen and oxygen atoms in total. The third-order valence-electron chi connectivity index (χ3n) is 4.63. The molecule has 1 aromatic carbocycles. The average Bonchev–Trinajstić information content (AvgIpc) is 2.85. The maximum atomic E-state index is 3.57. The molecule has 19 heavy (non-hydrogen) atoms. The Morgan fingerprint density at radius 3 is 2.63 bits per heavy atom. The van der Waals surface area contributed by atoms with Crippen LogP contribution in [0.1, 0.15) is 33.1 Å². The van der Waals surface area contributed by atoms with E-state index in [1.165, 1.54) is 38.0 Å². The molecule has 0 amide bonds. The highest BCUT2D eigenvalue weighted by Gasteiger charge is 2.34. The molecular weight excluding hydrogens is 300 g/mol. The summed E-state index contributed by atoms with van der Waals surface area (Å²) in [5, 5.41) is 3.51. The fourth-order valence-corrected chi connectivity index (χ4v) is 3.42. The molecule has 0 bridgehead atoms. The highest BCUT2D eigenvalue weighted by molar-refractivity contribution is 9.10. The number of hydrogen-bond acceptors (Lipinski definition) is 2. The molecule has 1 aromatic rings. The zero-order valence-corrected chi connectivity index (χ0v) is 13.7. The first-order valence-corrected chi connectivity index (χ1v) is 8.19. The minimum Gasteiger partial charge on any atom is -0.383 e. The third kappa shape index (κ3) is 3.73. The Kier molecular flexibility index (Phi) is 5.28. The van der Waals surface area contributed by atoms with Crippen molar-refractivity contribution in [2.45, 2.75) is 33.1 Å². The summed E-state index contributed by atoms with van der Waals surface area (Å²) in [5.74, 6) is 0. The van der Waals surface area contributed by atoms with E-state index >= 15 is 0 Å². The Hall–Kier alpha value is -0.540. The monoisotopic (exact) mass is 324 g/mol. The molecule has 1 heterocycles. The fraction of sp³-hybridized carbons (Fsp3) is 0.625. The van der Waals surface area contributed by atoms with Crippen LogP contribution in [0.25, 0.3) is 0 Å². The number of rotatable bonds is 6. The van der Waals surface area contributed by atoms with E-state index in [4.69, 9.17) is 0 Å². The summed E-state index contributed by atoms with van der Waals surface area (Å²) in [6.07, 6.45) is 4.00. The highest BCUT2D eigenvalue weighted by atomic mass is 79.9. The second-order valence-corrected chi connectivity index (χ2v) is 6.49. The zero-order chi connectivity index (χ0) is 13.7. The van der Waals surface area contributed by atoms with E-state index in [0.29, 0.717) is 5.41 Å². The van der Waals surface area contributed by atoms with Crippen molar-refractivity contribution in [2.75, 3.05) is 31.5 Å². The number of para-hydroxylation sites is 1. The van der Waals surface area contributed by atoms with Crippen LogP contribution in [0.15, 0.2) is 28.7 Å². The average molecular weight is 325 g/mol. The zero-order valence-electron chi connectivity index (χ0n) is 12.1. The van der Waals surface area contributed by atoms with Crippen LogP contribution in [-0.4, -0.2) is 31.1 Å². The molecule has 0 spiro atoms. The van der Waals surface area contributed by atoms with Gasteiger partial charge in [-0.3, -0.25) is 0 Å². The number of likely N-dealkylation sites (tertiary alicyclic amines) is 1. The number of benzene rings is 1. The molecule has 1 aliphatic heterocycles. The number of halogens is 1. The quantitative estimate of drug-likeness (QED) is 0.835. The number of nitrogens with zero attached hydrogens (tertiary/aromatic N) is 1. The summed E-state index contributed by atoms with van der Waals surface area (Å²) < 4.78 is 1.15. The van der Waals surface area contributed by atoms with Crippen LogP contribution in [0.5, 0.6) is 0 Å². The first-order valence-electron chi connectivity index (χ1n) is 7.40. The second-order valence-electron chi connectivity index (χ2n) is 5.64. The van der Waals surface area contributed by atoms with Gasteiger partial charge in [-0.1, -0.05) is 26.0 Å². The molecule has 0 unspecified atom stereocenters. The Morgan fingerprint density at radius 2 is 2.00 bits per heavy atom. The molecule has 1 fully saturated rings. The lowest BCUT2D eigenvalue weighted by atomic mass is 9.82. The molecule has 2 rings (SSSR count). The maximum absolute atomic E-state index is 3.57. The van der Waals surface area contributed by atoms with Gasteiger partial charge in [-0.05, 0) is 59.3 Å². The predicted molar refractivity (Wildman–Crippen MR) is 86.7 cm³/mol. The van der Waals surface area contributed by atoms with Gasteiger partial charge in [-0.2, -0.15) is 0 Å². The lowest BCUT2D eigenvalue weighted by molar-refractivity contribution is 0.245. The molecule has 3 heteroatoms. The molecule has 0 saturated carbocycles. The molecule has 1 N–H and O–H groups in total. The first kappa shape index (κ1) is 14.9. The van der Waals surface area contributed by atoms with Crippen LogP contribution in [0, 0.1) is 5.41 Å². The van der Waals surface area contributed by atoms with Crippen molar-refractivity contribution in [1.82, 2.24) is 4.90 Å². The van der Waals surface area contributed by atoms with Crippen molar-refractivity contribution in [1.29, 1.82) is 0 Å². The van der Waals surface area contributed by atoms with E-state index in [1.54, 1.807) is 0 Å². The molecule has 0 radical (unpaired) electrons. The lowest BCUT2D eigenvalue weighted by Gasteiger charge is -2.26. The Labute approximate surface area is 125 Å². The summed E-state index contributed by atoms with van der Waals surface area (Å²) in [6.45, 7) is 9.38. The number of nitrogens with one attached hydrogen (secondary N) is 1. The van der Waals surface area contributed by atoms with Gasteiger partial charge in [0.15, 0.2) is 0 Å². The van der Waals surface area contributed by atoms with Gasteiger partial charge in [0.2, 0.25) is 0 Å². The van der Waals surface area contributed by atoms with Gasteiger partial charge in [-0.25, -0.2) is 0 Å². The number of anilines is 1. The van der Waals surface area contributed by atoms with Crippen LogP contribution in [0.4, 0.5) is 5.69 Å². The Bertz CT molecular complexity index is 401. The highest BCUT2D eigenvalue weighted by Crippen LogP contribution is 2.36. The minimum atomic E-state index is 0.591. The Morgan fingerprint density at radius 1 is 1.26 bits per heavy atom. The van der Waals surface area contributed by atoms with Gasteiger partial charge < -0.3 is 10.2 Å². The van der Waals surface area contributed by atoms with E-state index in [0.717, 1.165) is 17.6 Å². The van der Waals surface area contributed by atoms with E-state index in [2.05, 4.69) is 58.2 Å². The Balaban J connectivity index is 1.77. The van der Waals surface area contributed by atoms with E-state index in [1.807, 2.05) is 6.07 Å². The smallest absolute Gasteiger partial charge is 0.0485 e. The van der Waals surface area contributed by atoms with Gasteiger partial charge in [0.05, 0.1) is 0 Å². The summed E-state index contributed by atoms with van der Waals surface area (Å²) in [6, 6.07) is 8.32. The van der Waals surface area contributed by atoms with Crippen LogP contribution >= 0.6 is 15.9 Å². The molecule has 0 aliphatic carbocycles. The molecule has 1 aliphatic rings. The van der Waals surface area contributed by atoms with Gasteiger partial charge in [-0.15, -0.1) is 0 Å². The summed E-state index contributed by atoms with van der Waals surface area (Å²) in [4.78, 5) is 2.61. The topological polar surface area (TPSA) is 15.3 Å². The van der Waals surface area contributed by atoms with Gasteiger partial charge in [0.25, 0.3) is 0 Å². The molecule has 1 saturated heterocycles. The molecular formula is C16H25BrN2. The summed E-state index contributed by atoms with van der Waals surface area (Å²) in [5.41, 5.74) is 1.78. The number of hydrogen-bond donors (Lipinski definition) is 1. The van der Waals surface area contributed by atoms with Crippen molar-refractivity contribution in [3.05, 3.63) is 28.7 Å². The van der Waals surface area contributed by atoms with Crippen molar-refractivity contribution < 1.29 is 0 Å². The summed E-state index contributed by atoms with van der Waals surface area (Å²) in [7, 11) is 0. The van der Waals surface area contributed by atoms with Crippen molar-refractivity contribution in [3.8, 4) is 0 Å². The van der Waals surface area contributed by atoms with E-state index < -0.39 is 0 Å². The second kappa shape index (κ2) is 6.76. The van der Waals surface area contributed by atoms with Crippen LogP contribution in [0.2, 0.25) is 0 Å². The van der Waals surface area contributed by atoms with Crippen LogP contribution in [-0.2, 0) is 0 Å². The first-order chi connectivity index (χ1) is 9.19. The summed E-state index contributed by atoms with van der Waals surface area (Å²) >= 11 is 3.57. The third-order valence-corrected chi connectivity index (χ3v) is 5.33. The SMILES string of the molecule is CCC1(CC)CCN(CCNc2ccccc2Br)C1. The molecule has 106 valence electrons. The van der Waals surface area contributed by atoms with Crippen molar-refractivity contribution in [3.63, 3.8) is 0 Å². The van der Waals surface area contributed by atoms with E-state index in [-0.39, 0.29) is 0 Å².